The summed E-state index contributed by atoms with van der Waals surface area (Å²) < 4.78 is 0. The topological polar surface area (TPSA) is 224 Å². The predicted octanol–water partition coefficient (Wildman–Crippen LogP) is 11.4. The average Bonchev–Trinajstić information content (AvgIpc) is 3.60. The van der Waals surface area contributed by atoms with Crippen LogP contribution < -0.4 is 10.6 Å². The van der Waals surface area contributed by atoms with Gasteiger partial charge in [-0.05, 0) is 94.2 Å². The molecule has 3 fully saturated rings. The number of nitro benzene ring substituents is 2. The first-order valence-electron chi connectivity index (χ1n) is 23.0. The van der Waals surface area contributed by atoms with Crippen LogP contribution in [0.15, 0.2) is 54.6 Å². The normalized spacial score (nSPS) is 15.4. The maximum absolute atomic E-state index is 12.0. The van der Waals surface area contributed by atoms with Crippen molar-refractivity contribution in [1.82, 2.24) is 9.97 Å². The van der Waals surface area contributed by atoms with Crippen LogP contribution in [0.3, 0.4) is 0 Å². The van der Waals surface area contributed by atoms with Crippen molar-refractivity contribution in [2.45, 2.75) is 156 Å². The molecule has 3 aliphatic carbocycles. The summed E-state index contributed by atoms with van der Waals surface area (Å²) in [5.41, 5.74) is 5.18. The number of aromatic nitrogens is 2. The Labute approximate surface area is 399 Å². The van der Waals surface area contributed by atoms with E-state index in [0.717, 1.165) is 53.7 Å². The van der Waals surface area contributed by atoms with Crippen molar-refractivity contribution < 1.29 is 33.8 Å². The fourth-order valence-electron chi connectivity index (χ4n) is 7.96. The summed E-state index contributed by atoms with van der Waals surface area (Å²) in [4.78, 5) is 86.4. The fraction of sp³-hybridized carbons (Fsp3) is 0.529. The molecule has 0 saturated heterocycles. The van der Waals surface area contributed by atoms with Crippen LogP contribution in [0.5, 0.6) is 0 Å². The van der Waals surface area contributed by atoms with E-state index in [9.17, 15) is 44.2 Å². The van der Waals surface area contributed by atoms with E-state index in [1.165, 1.54) is 17.7 Å². The molecule has 3 saturated carbocycles. The quantitative estimate of drug-likeness (QED) is 0.0849. The number of H-pyrrole nitrogens is 1. The Morgan fingerprint density at radius 2 is 0.955 bits per heavy atom. The second-order valence-corrected chi connectivity index (χ2v) is 21.3. The summed E-state index contributed by atoms with van der Waals surface area (Å²) in [6.07, 6.45) is 7.59. The Morgan fingerprint density at radius 3 is 1.31 bits per heavy atom. The molecule has 0 radical (unpaired) electrons. The maximum atomic E-state index is 12.0. The Morgan fingerprint density at radius 1 is 0.597 bits per heavy atom. The zero-order valence-electron chi connectivity index (χ0n) is 40.3. The number of fused-ring (bicyclic) bond motifs is 1. The molecule has 4 aromatic rings. The molecule has 67 heavy (non-hydrogen) atoms. The fourth-order valence-corrected chi connectivity index (χ4v) is 7.96. The molecule has 0 unspecified atom stereocenters. The average molecular weight is 944 g/mol. The summed E-state index contributed by atoms with van der Waals surface area (Å²) in [6, 6.07) is 16.3. The Kier molecular flexibility index (Phi) is 17.9. The van der Waals surface area contributed by atoms with Gasteiger partial charge in [-0.2, -0.15) is 0 Å². The predicted molar refractivity (Wildman–Crippen MR) is 263 cm³/mol. The number of hydrogen-bond donors (Lipinski definition) is 3. The molecule has 0 atom stereocenters. The van der Waals surface area contributed by atoms with Crippen LogP contribution >= 0.6 is 12.4 Å². The maximum Gasteiger partial charge on any atom is 0.293 e. The number of imidazole rings is 1. The molecule has 0 spiro atoms. The van der Waals surface area contributed by atoms with Crippen molar-refractivity contribution in [1.29, 1.82) is 0 Å². The zero-order chi connectivity index (χ0) is 48.7. The number of hydrogen-bond acceptors (Lipinski definition) is 10. The van der Waals surface area contributed by atoms with E-state index in [4.69, 9.17) is 0 Å². The van der Waals surface area contributed by atoms with Gasteiger partial charge in [0, 0.05) is 69.9 Å². The van der Waals surface area contributed by atoms with Gasteiger partial charge in [0.25, 0.3) is 11.4 Å². The number of rotatable bonds is 13. The van der Waals surface area contributed by atoms with Gasteiger partial charge in [0.15, 0.2) is 0 Å². The minimum Gasteiger partial charge on any atom is -0.342 e. The monoisotopic (exact) mass is 942 g/mol. The number of halogens is 1. The number of aromatic amines is 1. The Balaban J connectivity index is 0.000000218. The van der Waals surface area contributed by atoms with Crippen molar-refractivity contribution in [2.24, 2.45) is 17.8 Å². The van der Waals surface area contributed by atoms with E-state index in [2.05, 4.69) is 59.6 Å². The van der Waals surface area contributed by atoms with Gasteiger partial charge < -0.3 is 15.6 Å². The SMILES string of the molecule is CC(C)(C)c1ccc(NC(=O)CCC2CC(=O)C2)c([N+](=O)[O-])c1.CC(C)(C)c1ccc(NC(=O)CCC2CC(=O)C2)c([N+](=O)[O-])c1.CC(C)(C)c1ccc2nc(CCC3CC(=O)C3)[nH]c2c1.Cl. The summed E-state index contributed by atoms with van der Waals surface area (Å²) in [7, 11) is 0. The number of nitrogens with zero attached hydrogens (tertiary/aromatic N) is 3. The molecule has 0 aliphatic heterocycles. The number of nitrogens with one attached hydrogen (secondary N) is 3. The molecule has 15 nitrogen and oxygen atoms in total. The minimum atomic E-state index is -0.477. The van der Waals surface area contributed by atoms with Gasteiger partial charge in [0.2, 0.25) is 11.8 Å². The molecule has 362 valence electrons. The first kappa shape index (κ1) is 53.8. The number of carbonyl (C=O) groups excluding carboxylic acids is 5. The Bertz CT molecular complexity index is 2360. The van der Waals surface area contributed by atoms with E-state index in [0.29, 0.717) is 50.2 Å². The van der Waals surface area contributed by atoms with Gasteiger partial charge in [-0.25, -0.2) is 4.98 Å². The largest absolute Gasteiger partial charge is 0.342 e. The molecule has 0 bridgehead atoms. The van der Waals surface area contributed by atoms with Gasteiger partial charge in [0.05, 0.1) is 20.9 Å². The summed E-state index contributed by atoms with van der Waals surface area (Å²) in [5.74, 6) is 2.58. The molecule has 3 aliphatic rings. The molecule has 16 heteroatoms. The number of carbonyl (C=O) groups is 5. The molecular formula is C51H67ClN6O9. The van der Waals surface area contributed by atoms with E-state index in [1.54, 1.807) is 24.3 Å². The molecule has 3 aromatic carbocycles. The van der Waals surface area contributed by atoms with Crippen LogP contribution in [-0.2, 0) is 46.6 Å². The van der Waals surface area contributed by atoms with E-state index in [1.807, 2.05) is 41.5 Å². The summed E-state index contributed by atoms with van der Waals surface area (Å²) in [6.45, 7) is 18.5. The highest BCUT2D eigenvalue weighted by atomic mass is 35.5. The first-order valence-corrected chi connectivity index (χ1v) is 23.0. The van der Waals surface area contributed by atoms with Crippen LogP contribution in [0.1, 0.15) is 155 Å². The Hall–Kier alpha value is -5.83. The number of amides is 2. The van der Waals surface area contributed by atoms with E-state index in [-0.39, 0.29) is 99.5 Å². The van der Waals surface area contributed by atoms with Gasteiger partial charge in [0.1, 0.15) is 34.5 Å². The molecule has 7 rings (SSSR count). The molecule has 1 heterocycles. The first-order chi connectivity index (χ1) is 30.7. The number of anilines is 2. The summed E-state index contributed by atoms with van der Waals surface area (Å²) >= 11 is 0. The summed E-state index contributed by atoms with van der Waals surface area (Å²) in [5, 5.41) is 27.8. The van der Waals surface area contributed by atoms with Crippen LogP contribution in [0.4, 0.5) is 22.7 Å². The van der Waals surface area contributed by atoms with E-state index >= 15 is 0 Å². The second kappa shape index (κ2) is 22.3. The van der Waals surface area contributed by atoms with Crippen molar-refractivity contribution >= 4 is 75.4 Å². The third-order valence-electron chi connectivity index (χ3n) is 12.5. The minimum absolute atomic E-state index is 0. The van der Waals surface area contributed by atoms with Crippen molar-refractivity contribution in [2.75, 3.05) is 10.6 Å². The van der Waals surface area contributed by atoms with Crippen LogP contribution in [-0.4, -0.2) is 49.0 Å². The number of ketones is 3. The third kappa shape index (κ3) is 15.6. The van der Waals surface area contributed by atoms with Crippen molar-refractivity contribution in [3.8, 4) is 0 Å². The van der Waals surface area contributed by atoms with Crippen molar-refractivity contribution in [3.63, 3.8) is 0 Å². The lowest BCUT2D eigenvalue weighted by molar-refractivity contribution is -0.384. The van der Waals surface area contributed by atoms with E-state index < -0.39 is 9.85 Å². The lowest BCUT2D eigenvalue weighted by Crippen LogP contribution is -2.24. The van der Waals surface area contributed by atoms with Gasteiger partial charge in [-0.15, -0.1) is 12.4 Å². The van der Waals surface area contributed by atoms with Gasteiger partial charge >= 0.3 is 0 Å². The van der Waals surface area contributed by atoms with Crippen molar-refractivity contribution in [3.05, 3.63) is 97.3 Å². The lowest BCUT2D eigenvalue weighted by atomic mass is 9.81. The zero-order valence-corrected chi connectivity index (χ0v) is 41.2. The highest BCUT2D eigenvalue weighted by Gasteiger charge is 2.30. The van der Waals surface area contributed by atoms with Crippen LogP contribution in [0.25, 0.3) is 11.0 Å². The molecule has 1 aromatic heterocycles. The smallest absolute Gasteiger partial charge is 0.293 e. The standard InChI is InChI=1S/2C17H22N2O4.C17H22N2O.ClH/c2*1-17(2,3)12-5-6-14(15(10-12)19(22)23)18-16(21)7-4-11-8-13(20)9-11;1-17(2,3)12-5-6-14-15(10-12)19-16(18-14)7-4-11-8-13(20)9-11;/h2*5-6,10-11H,4,7-9H2,1-3H3,(H,18,21);5-6,10-11H,4,7-9H2,1-3H3,(H,18,19);1H. The molecule has 2 amide bonds. The number of benzene rings is 3. The highest BCUT2D eigenvalue weighted by Crippen LogP contribution is 2.35. The van der Waals surface area contributed by atoms with Crippen LogP contribution in [0, 0.1) is 38.0 Å². The highest BCUT2D eigenvalue weighted by molar-refractivity contribution is 5.94. The number of nitro groups is 2. The second-order valence-electron chi connectivity index (χ2n) is 21.3. The van der Waals surface area contributed by atoms with Gasteiger partial charge in [-0.3, -0.25) is 44.2 Å². The molecular weight excluding hydrogens is 876 g/mol. The number of aryl methyl sites for hydroxylation is 1. The lowest BCUT2D eigenvalue weighted by Gasteiger charge is -2.23. The molecule has 3 N–H and O–H groups in total. The number of Topliss-reactive ketones (excluding diaryl/α,β-unsaturated/α-hetero) is 3. The third-order valence-corrected chi connectivity index (χ3v) is 12.5. The van der Waals surface area contributed by atoms with Gasteiger partial charge in [-0.1, -0.05) is 80.5 Å². The van der Waals surface area contributed by atoms with Crippen LogP contribution in [0.2, 0.25) is 0 Å².